The maximum atomic E-state index is 12.3. The van der Waals surface area contributed by atoms with Crippen molar-refractivity contribution in [1.82, 2.24) is 24.4 Å². The molecule has 144 valence electrons. The number of carbonyl (C=O) groups is 1. The third kappa shape index (κ3) is 3.62. The molecule has 0 aliphatic heterocycles. The molecule has 0 atom stereocenters. The van der Waals surface area contributed by atoms with Crippen LogP contribution in [0.2, 0.25) is 0 Å². The van der Waals surface area contributed by atoms with Crippen molar-refractivity contribution in [3.8, 4) is 0 Å². The summed E-state index contributed by atoms with van der Waals surface area (Å²) in [6, 6.07) is 16.1. The van der Waals surface area contributed by atoms with Crippen LogP contribution in [0.4, 0.5) is 0 Å². The standard InChI is InChI=1S/C21H23N5OS/c1-3-25-18-10-6-5-9-17(18)24-21(25)28-14-20(27)22-12-13-26-15(2)23-16-8-4-7-11-19(16)26/h4-11H,3,12-14H2,1-2H3,(H,22,27). The van der Waals surface area contributed by atoms with E-state index in [0.29, 0.717) is 18.8 Å². The van der Waals surface area contributed by atoms with Gasteiger partial charge in [0.25, 0.3) is 0 Å². The third-order valence-electron chi connectivity index (χ3n) is 4.77. The van der Waals surface area contributed by atoms with E-state index in [-0.39, 0.29) is 5.91 Å². The highest BCUT2D eigenvalue weighted by Gasteiger charge is 2.12. The summed E-state index contributed by atoms with van der Waals surface area (Å²) in [4.78, 5) is 21.5. The Morgan fingerprint density at radius 1 is 1.00 bits per heavy atom. The molecule has 0 saturated heterocycles. The molecular weight excluding hydrogens is 370 g/mol. The second kappa shape index (κ2) is 8.06. The van der Waals surface area contributed by atoms with Crippen molar-refractivity contribution < 1.29 is 4.79 Å². The zero-order chi connectivity index (χ0) is 19.5. The maximum absolute atomic E-state index is 12.3. The summed E-state index contributed by atoms with van der Waals surface area (Å²) in [6.07, 6.45) is 0. The molecule has 7 heteroatoms. The molecule has 0 radical (unpaired) electrons. The number of nitrogens with zero attached hydrogens (tertiary/aromatic N) is 4. The second-order valence-corrected chi connectivity index (χ2v) is 7.51. The lowest BCUT2D eigenvalue weighted by atomic mass is 10.3. The summed E-state index contributed by atoms with van der Waals surface area (Å²) < 4.78 is 4.29. The van der Waals surface area contributed by atoms with Crippen molar-refractivity contribution in [2.24, 2.45) is 0 Å². The van der Waals surface area contributed by atoms with Crippen molar-refractivity contribution in [1.29, 1.82) is 0 Å². The lowest BCUT2D eigenvalue weighted by Crippen LogP contribution is -2.29. The van der Waals surface area contributed by atoms with Crippen molar-refractivity contribution >= 4 is 39.7 Å². The van der Waals surface area contributed by atoms with Crippen LogP contribution in [0.5, 0.6) is 0 Å². The molecule has 1 amide bonds. The number of hydrogen-bond acceptors (Lipinski definition) is 4. The van der Waals surface area contributed by atoms with Gasteiger partial charge < -0.3 is 14.5 Å². The van der Waals surface area contributed by atoms with Crippen molar-refractivity contribution in [3.63, 3.8) is 0 Å². The molecule has 4 aromatic rings. The fraction of sp³-hybridized carbons (Fsp3) is 0.286. The van der Waals surface area contributed by atoms with Crippen LogP contribution in [0.1, 0.15) is 12.7 Å². The Labute approximate surface area is 168 Å². The molecule has 1 N–H and O–H groups in total. The highest BCUT2D eigenvalue weighted by atomic mass is 32.2. The van der Waals surface area contributed by atoms with E-state index < -0.39 is 0 Å². The van der Waals surface area contributed by atoms with E-state index >= 15 is 0 Å². The van der Waals surface area contributed by atoms with Crippen molar-refractivity contribution in [2.45, 2.75) is 32.1 Å². The number of hydrogen-bond donors (Lipinski definition) is 1. The molecule has 4 rings (SSSR count). The number of thioether (sulfide) groups is 1. The van der Waals surface area contributed by atoms with E-state index in [9.17, 15) is 4.79 Å². The van der Waals surface area contributed by atoms with Crippen molar-refractivity contribution in [2.75, 3.05) is 12.3 Å². The van der Waals surface area contributed by atoms with Crippen LogP contribution in [0.25, 0.3) is 22.1 Å². The Hall–Kier alpha value is -2.80. The summed E-state index contributed by atoms with van der Waals surface area (Å²) >= 11 is 1.48. The summed E-state index contributed by atoms with van der Waals surface area (Å²) in [5.74, 6) is 1.33. The van der Waals surface area contributed by atoms with E-state index in [4.69, 9.17) is 0 Å². The van der Waals surface area contributed by atoms with Crippen LogP contribution in [0.15, 0.2) is 53.7 Å². The summed E-state index contributed by atoms with van der Waals surface area (Å²) in [5, 5.41) is 3.89. The summed E-state index contributed by atoms with van der Waals surface area (Å²) in [7, 11) is 0. The number of fused-ring (bicyclic) bond motifs is 2. The number of benzene rings is 2. The Bertz CT molecular complexity index is 1130. The number of amides is 1. The van der Waals surface area contributed by atoms with Crippen molar-refractivity contribution in [3.05, 3.63) is 54.4 Å². The van der Waals surface area contributed by atoms with Gasteiger partial charge in [0.05, 0.1) is 27.8 Å². The normalized spacial score (nSPS) is 11.4. The molecule has 0 aliphatic rings. The van der Waals surface area contributed by atoms with Crippen LogP contribution in [0, 0.1) is 6.92 Å². The first-order chi connectivity index (χ1) is 13.7. The van der Waals surface area contributed by atoms with Crippen LogP contribution < -0.4 is 5.32 Å². The molecule has 2 heterocycles. The number of carbonyl (C=O) groups excluding carboxylic acids is 1. The van der Waals surface area contributed by atoms with Gasteiger partial charge in [-0.2, -0.15) is 0 Å². The summed E-state index contributed by atoms with van der Waals surface area (Å²) in [5.41, 5.74) is 4.16. The highest BCUT2D eigenvalue weighted by Crippen LogP contribution is 2.23. The van der Waals surface area contributed by atoms with E-state index in [2.05, 4.69) is 43.5 Å². The second-order valence-electron chi connectivity index (χ2n) is 6.57. The first-order valence-corrected chi connectivity index (χ1v) is 10.4. The monoisotopic (exact) mass is 393 g/mol. The first kappa shape index (κ1) is 18.6. The number of aromatic nitrogens is 4. The SMILES string of the molecule is CCn1c(SCC(=O)NCCn2c(C)nc3ccccc32)nc2ccccc21. The quantitative estimate of drug-likeness (QED) is 0.487. The zero-order valence-corrected chi connectivity index (χ0v) is 16.9. The lowest BCUT2D eigenvalue weighted by molar-refractivity contribution is -0.118. The molecule has 6 nitrogen and oxygen atoms in total. The van der Waals surface area contributed by atoms with E-state index in [0.717, 1.165) is 39.6 Å². The van der Waals surface area contributed by atoms with Gasteiger partial charge in [0, 0.05) is 19.6 Å². The van der Waals surface area contributed by atoms with Crippen LogP contribution in [0.3, 0.4) is 0 Å². The van der Waals surface area contributed by atoms with Gasteiger partial charge in [-0.05, 0) is 38.1 Å². The molecular formula is C21H23N5OS. The van der Waals surface area contributed by atoms with Gasteiger partial charge in [0.2, 0.25) is 5.91 Å². The number of para-hydroxylation sites is 4. The minimum atomic E-state index is 0.0155. The Kier molecular flexibility index (Phi) is 5.34. The van der Waals surface area contributed by atoms with Gasteiger partial charge in [0.1, 0.15) is 5.82 Å². The first-order valence-electron chi connectivity index (χ1n) is 9.44. The van der Waals surface area contributed by atoms with Gasteiger partial charge in [-0.15, -0.1) is 0 Å². The Balaban J connectivity index is 1.35. The van der Waals surface area contributed by atoms with E-state index in [1.165, 1.54) is 11.8 Å². The molecule has 0 bridgehead atoms. The van der Waals surface area contributed by atoms with E-state index in [1.807, 2.05) is 43.3 Å². The smallest absolute Gasteiger partial charge is 0.230 e. The predicted molar refractivity (Wildman–Crippen MR) is 114 cm³/mol. The number of nitrogens with one attached hydrogen (secondary N) is 1. The Morgan fingerprint density at radius 2 is 1.64 bits per heavy atom. The topological polar surface area (TPSA) is 64.7 Å². The minimum absolute atomic E-state index is 0.0155. The van der Waals surface area contributed by atoms with Crippen LogP contribution in [-0.4, -0.2) is 37.3 Å². The third-order valence-corrected chi connectivity index (χ3v) is 5.75. The minimum Gasteiger partial charge on any atom is -0.354 e. The molecule has 0 aliphatic carbocycles. The fourth-order valence-corrected chi connectivity index (χ4v) is 4.34. The average molecular weight is 394 g/mol. The van der Waals surface area contributed by atoms with Crippen LogP contribution in [-0.2, 0) is 17.9 Å². The fourth-order valence-electron chi connectivity index (χ4n) is 3.44. The molecule has 2 aromatic carbocycles. The lowest BCUT2D eigenvalue weighted by Gasteiger charge is -2.09. The van der Waals surface area contributed by atoms with Crippen LogP contribution >= 0.6 is 11.8 Å². The largest absolute Gasteiger partial charge is 0.354 e. The van der Waals surface area contributed by atoms with Gasteiger partial charge in [-0.3, -0.25) is 4.79 Å². The van der Waals surface area contributed by atoms with Gasteiger partial charge in [0.15, 0.2) is 5.16 Å². The number of aryl methyl sites for hydroxylation is 2. The molecule has 2 aromatic heterocycles. The molecule has 0 saturated carbocycles. The zero-order valence-electron chi connectivity index (χ0n) is 16.1. The van der Waals surface area contributed by atoms with Gasteiger partial charge in [-0.25, -0.2) is 9.97 Å². The number of imidazole rings is 2. The molecule has 0 fully saturated rings. The highest BCUT2D eigenvalue weighted by molar-refractivity contribution is 7.99. The van der Waals surface area contributed by atoms with Gasteiger partial charge >= 0.3 is 0 Å². The van der Waals surface area contributed by atoms with E-state index in [1.54, 1.807) is 0 Å². The molecule has 28 heavy (non-hydrogen) atoms. The predicted octanol–water partition coefficient (Wildman–Crippen LogP) is 3.62. The Morgan fingerprint density at radius 3 is 2.36 bits per heavy atom. The average Bonchev–Trinajstić information content (AvgIpc) is 3.23. The van der Waals surface area contributed by atoms with Gasteiger partial charge in [-0.1, -0.05) is 36.0 Å². The summed E-state index contributed by atoms with van der Waals surface area (Å²) in [6.45, 7) is 6.20. The molecule has 0 spiro atoms. The number of rotatable bonds is 7. The maximum Gasteiger partial charge on any atom is 0.230 e. The molecule has 0 unspecified atom stereocenters.